The number of hydrogen-bond acceptors (Lipinski definition) is 3. The summed E-state index contributed by atoms with van der Waals surface area (Å²) in [6.07, 6.45) is 3.77. The highest BCUT2D eigenvalue weighted by Gasteiger charge is 2.21. The molecule has 100 valence electrons. The van der Waals surface area contributed by atoms with Gasteiger partial charge >= 0.3 is 0 Å². The lowest BCUT2D eigenvalue weighted by Crippen LogP contribution is -2.32. The van der Waals surface area contributed by atoms with Gasteiger partial charge in [-0.1, -0.05) is 24.6 Å². The first-order valence-corrected chi connectivity index (χ1v) is 7.54. The van der Waals surface area contributed by atoms with Crippen LogP contribution in [0.2, 0.25) is 0 Å². The van der Waals surface area contributed by atoms with Gasteiger partial charge in [0.1, 0.15) is 4.88 Å². The average Bonchev–Trinajstić information content (AvgIpc) is 2.67. The number of aryl methyl sites for hydroxylation is 1. The average molecular weight is 274 g/mol. The monoisotopic (exact) mass is 274 g/mol. The van der Waals surface area contributed by atoms with Gasteiger partial charge in [0, 0.05) is 16.6 Å². The van der Waals surface area contributed by atoms with Gasteiger partial charge in [0.05, 0.1) is 5.69 Å². The highest BCUT2D eigenvalue weighted by Crippen LogP contribution is 2.35. The van der Waals surface area contributed by atoms with Crippen LogP contribution in [0.4, 0.5) is 5.69 Å². The SMILES string of the molecule is Cc1cccc2c(N)c(C(=O)NCC3CCC3)sc12. The van der Waals surface area contributed by atoms with Crippen molar-refractivity contribution in [2.45, 2.75) is 26.2 Å². The summed E-state index contributed by atoms with van der Waals surface area (Å²) in [6, 6.07) is 6.02. The van der Waals surface area contributed by atoms with Crippen LogP contribution in [0.3, 0.4) is 0 Å². The molecular weight excluding hydrogens is 256 g/mol. The van der Waals surface area contributed by atoms with Gasteiger partial charge < -0.3 is 11.1 Å². The van der Waals surface area contributed by atoms with E-state index in [1.54, 1.807) is 0 Å². The number of nitrogens with two attached hydrogens (primary N) is 1. The summed E-state index contributed by atoms with van der Waals surface area (Å²) in [7, 11) is 0. The second-order valence-electron chi connectivity index (χ2n) is 5.30. The topological polar surface area (TPSA) is 55.1 Å². The van der Waals surface area contributed by atoms with E-state index < -0.39 is 0 Å². The molecule has 1 saturated carbocycles. The zero-order chi connectivity index (χ0) is 13.4. The minimum atomic E-state index is -0.0231. The number of carbonyl (C=O) groups excluding carboxylic acids is 1. The number of carbonyl (C=O) groups is 1. The van der Waals surface area contributed by atoms with Crippen LogP contribution in [-0.2, 0) is 0 Å². The van der Waals surface area contributed by atoms with E-state index in [9.17, 15) is 4.79 Å². The second kappa shape index (κ2) is 4.85. The largest absolute Gasteiger partial charge is 0.397 e. The van der Waals surface area contributed by atoms with Crippen molar-refractivity contribution in [3.05, 3.63) is 28.6 Å². The molecule has 1 fully saturated rings. The first kappa shape index (κ1) is 12.5. The number of anilines is 1. The highest BCUT2D eigenvalue weighted by molar-refractivity contribution is 7.21. The molecule has 1 aromatic carbocycles. The van der Waals surface area contributed by atoms with Crippen LogP contribution in [0, 0.1) is 12.8 Å². The molecule has 0 bridgehead atoms. The summed E-state index contributed by atoms with van der Waals surface area (Å²) in [5.74, 6) is 0.645. The van der Waals surface area contributed by atoms with E-state index in [2.05, 4.69) is 5.32 Å². The summed E-state index contributed by atoms with van der Waals surface area (Å²) in [4.78, 5) is 12.9. The molecule has 2 aromatic rings. The lowest BCUT2D eigenvalue weighted by molar-refractivity contribution is 0.0944. The maximum Gasteiger partial charge on any atom is 0.263 e. The zero-order valence-electron chi connectivity index (χ0n) is 11.0. The Balaban J connectivity index is 1.85. The smallest absolute Gasteiger partial charge is 0.263 e. The first-order chi connectivity index (χ1) is 9.16. The molecule has 1 aliphatic rings. The van der Waals surface area contributed by atoms with Crippen LogP contribution in [0.25, 0.3) is 10.1 Å². The summed E-state index contributed by atoms with van der Waals surface area (Å²) in [5, 5.41) is 4.01. The van der Waals surface area contributed by atoms with Crippen molar-refractivity contribution in [3.63, 3.8) is 0 Å². The molecule has 0 spiro atoms. The maximum absolute atomic E-state index is 12.2. The molecule has 3 nitrogen and oxygen atoms in total. The van der Waals surface area contributed by atoms with Gasteiger partial charge in [0.15, 0.2) is 0 Å². The molecule has 0 radical (unpaired) electrons. The number of fused-ring (bicyclic) bond motifs is 1. The predicted molar refractivity (Wildman–Crippen MR) is 80.6 cm³/mol. The van der Waals surface area contributed by atoms with Crippen molar-refractivity contribution in [1.29, 1.82) is 0 Å². The predicted octanol–water partition coefficient (Wildman–Crippen LogP) is 3.32. The minimum Gasteiger partial charge on any atom is -0.397 e. The lowest BCUT2D eigenvalue weighted by atomic mass is 9.85. The van der Waals surface area contributed by atoms with Crippen molar-refractivity contribution >= 4 is 33.0 Å². The summed E-state index contributed by atoms with van der Waals surface area (Å²) in [5.41, 5.74) is 7.90. The Labute approximate surface area is 116 Å². The van der Waals surface area contributed by atoms with Crippen molar-refractivity contribution in [2.24, 2.45) is 5.92 Å². The van der Waals surface area contributed by atoms with Crippen LogP contribution in [-0.4, -0.2) is 12.5 Å². The third-order valence-electron chi connectivity index (χ3n) is 3.93. The molecule has 3 N–H and O–H groups in total. The van der Waals surface area contributed by atoms with E-state index in [1.165, 1.54) is 36.2 Å². The number of benzene rings is 1. The fourth-order valence-corrected chi connectivity index (χ4v) is 3.57. The van der Waals surface area contributed by atoms with E-state index in [1.807, 2.05) is 25.1 Å². The Hall–Kier alpha value is -1.55. The third kappa shape index (κ3) is 2.21. The summed E-state index contributed by atoms with van der Waals surface area (Å²) >= 11 is 1.50. The Morgan fingerprint density at radius 3 is 2.89 bits per heavy atom. The Morgan fingerprint density at radius 2 is 2.26 bits per heavy atom. The van der Waals surface area contributed by atoms with Crippen molar-refractivity contribution in [1.82, 2.24) is 5.32 Å². The quantitative estimate of drug-likeness (QED) is 0.902. The third-order valence-corrected chi connectivity index (χ3v) is 5.29. The molecule has 0 saturated heterocycles. The number of nitrogens with one attached hydrogen (secondary N) is 1. The molecule has 1 heterocycles. The highest BCUT2D eigenvalue weighted by atomic mass is 32.1. The Kier molecular flexibility index (Phi) is 3.19. The normalized spacial score (nSPS) is 15.4. The van der Waals surface area contributed by atoms with Gasteiger partial charge in [-0.25, -0.2) is 0 Å². The number of rotatable bonds is 3. The van der Waals surface area contributed by atoms with Crippen LogP contribution in [0.1, 0.15) is 34.5 Å². The molecule has 1 amide bonds. The molecule has 3 rings (SSSR count). The van der Waals surface area contributed by atoms with Crippen LogP contribution >= 0.6 is 11.3 Å². The molecular formula is C15H18N2OS. The fourth-order valence-electron chi connectivity index (χ4n) is 2.46. The van der Waals surface area contributed by atoms with E-state index in [4.69, 9.17) is 5.73 Å². The summed E-state index contributed by atoms with van der Waals surface area (Å²) < 4.78 is 1.12. The van der Waals surface area contributed by atoms with Gasteiger partial charge in [-0.2, -0.15) is 0 Å². The maximum atomic E-state index is 12.2. The van der Waals surface area contributed by atoms with Crippen LogP contribution in [0.15, 0.2) is 18.2 Å². The molecule has 0 unspecified atom stereocenters. The van der Waals surface area contributed by atoms with Gasteiger partial charge in [-0.05, 0) is 31.2 Å². The van der Waals surface area contributed by atoms with Gasteiger partial charge in [0.25, 0.3) is 5.91 Å². The number of thiophene rings is 1. The Bertz CT molecular complexity index is 628. The standard InChI is InChI=1S/C15H18N2OS/c1-9-4-2-7-11-12(16)14(19-13(9)11)15(18)17-8-10-5-3-6-10/h2,4,7,10H,3,5-6,8,16H2,1H3,(H,17,18). The minimum absolute atomic E-state index is 0.0231. The molecule has 1 aliphatic carbocycles. The van der Waals surface area contributed by atoms with E-state index in [0.29, 0.717) is 16.5 Å². The Morgan fingerprint density at radius 1 is 1.47 bits per heavy atom. The molecule has 0 aliphatic heterocycles. The van der Waals surface area contributed by atoms with E-state index in [-0.39, 0.29) is 5.91 Å². The van der Waals surface area contributed by atoms with Gasteiger partial charge in [-0.15, -0.1) is 11.3 Å². The van der Waals surface area contributed by atoms with Crippen molar-refractivity contribution < 1.29 is 4.79 Å². The van der Waals surface area contributed by atoms with Gasteiger partial charge in [-0.3, -0.25) is 4.79 Å². The molecule has 19 heavy (non-hydrogen) atoms. The molecule has 1 aromatic heterocycles. The molecule has 4 heteroatoms. The lowest BCUT2D eigenvalue weighted by Gasteiger charge is -2.25. The first-order valence-electron chi connectivity index (χ1n) is 6.72. The number of amides is 1. The van der Waals surface area contributed by atoms with Gasteiger partial charge in [0.2, 0.25) is 0 Å². The van der Waals surface area contributed by atoms with Crippen LogP contribution < -0.4 is 11.1 Å². The zero-order valence-corrected chi connectivity index (χ0v) is 11.8. The van der Waals surface area contributed by atoms with E-state index in [0.717, 1.165) is 16.6 Å². The van der Waals surface area contributed by atoms with Crippen molar-refractivity contribution in [2.75, 3.05) is 12.3 Å². The van der Waals surface area contributed by atoms with Crippen molar-refractivity contribution in [3.8, 4) is 0 Å². The van der Waals surface area contributed by atoms with E-state index >= 15 is 0 Å². The second-order valence-corrected chi connectivity index (χ2v) is 6.32. The number of hydrogen-bond donors (Lipinski definition) is 2. The van der Waals surface area contributed by atoms with Crippen LogP contribution in [0.5, 0.6) is 0 Å². The molecule has 0 atom stereocenters. The fraction of sp³-hybridized carbons (Fsp3) is 0.400. The number of nitrogen functional groups attached to an aromatic ring is 1. The summed E-state index contributed by atoms with van der Waals surface area (Å²) in [6.45, 7) is 2.83.